The lowest BCUT2D eigenvalue weighted by Gasteiger charge is -2.10. The molecule has 0 amide bonds. The quantitative estimate of drug-likeness (QED) is 0.717. The molecule has 0 saturated carbocycles. The molecule has 0 unspecified atom stereocenters. The highest BCUT2D eigenvalue weighted by atomic mass is 79.9. The van der Waals surface area contributed by atoms with Gasteiger partial charge in [0.05, 0.1) is 5.69 Å². The SMILES string of the molecule is Nc1csc(S(=O)(=O)Nc2ccc(Br)c3ccccc23)c1. The standard InChI is InChI=1S/C14H11BrN2O2S2/c15-12-5-6-13(11-4-2-1-3-10(11)12)17-21(18,19)14-7-9(16)8-20-14/h1-8,17H,16H2. The van der Waals surface area contributed by atoms with Gasteiger partial charge in [-0.25, -0.2) is 8.42 Å². The Labute approximate surface area is 134 Å². The Kier molecular flexibility index (Phi) is 3.64. The molecule has 0 spiro atoms. The molecule has 0 bridgehead atoms. The lowest BCUT2D eigenvalue weighted by Crippen LogP contribution is -2.11. The Morgan fingerprint density at radius 1 is 1.10 bits per heavy atom. The van der Waals surface area contributed by atoms with Crippen LogP contribution in [0.3, 0.4) is 0 Å². The summed E-state index contributed by atoms with van der Waals surface area (Å²) in [6.07, 6.45) is 0. The van der Waals surface area contributed by atoms with Crippen LogP contribution in [-0.4, -0.2) is 8.42 Å². The summed E-state index contributed by atoms with van der Waals surface area (Å²) in [5, 5.41) is 3.39. The van der Waals surface area contributed by atoms with Crippen LogP contribution in [0.15, 0.2) is 56.5 Å². The largest absolute Gasteiger partial charge is 0.398 e. The maximum Gasteiger partial charge on any atom is 0.271 e. The number of sulfonamides is 1. The lowest BCUT2D eigenvalue weighted by atomic mass is 10.1. The molecule has 0 radical (unpaired) electrons. The molecule has 0 atom stereocenters. The first-order valence-electron chi connectivity index (χ1n) is 6.01. The second-order valence-corrected chi connectivity index (χ2v) is 8.12. The number of halogens is 1. The van der Waals surface area contributed by atoms with Crippen LogP contribution < -0.4 is 10.5 Å². The van der Waals surface area contributed by atoms with Crippen molar-refractivity contribution >= 4 is 59.4 Å². The maximum absolute atomic E-state index is 12.4. The number of benzene rings is 2. The molecule has 2 aromatic carbocycles. The van der Waals surface area contributed by atoms with Gasteiger partial charge in [0, 0.05) is 20.9 Å². The minimum Gasteiger partial charge on any atom is -0.398 e. The van der Waals surface area contributed by atoms with Gasteiger partial charge in [-0.3, -0.25) is 4.72 Å². The monoisotopic (exact) mass is 382 g/mol. The smallest absolute Gasteiger partial charge is 0.271 e. The summed E-state index contributed by atoms with van der Waals surface area (Å²) in [7, 11) is -3.62. The van der Waals surface area contributed by atoms with Crippen molar-refractivity contribution in [1.82, 2.24) is 0 Å². The number of nitrogen functional groups attached to an aromatic ring is 1. The third-order valence-corrected chi connectivity index (χ3v) is 6.49. The Bertz CT molecular complexity index is 920. The lowest BCUT2D eigenvalue weighted by molar-refractivity contribution is 0.603. The fourth-order valence-electron chi connectivity index (χ4n) is 2.02. The Morgan fingerprint density at radius 3 is 2.48 bits per heavy atom. The summed E-state index contributed by atoms with van der Waals surface area (Å²) in [4.78, 5) is 0. The minimum absolute atomic E-state index is 0.201. The van der Waals surface area contributed by atoms with Crippen LogP contribution in [0.2, 0.25) is 0 Å². The number of rotatable bonds is 3. The fraction of sp³-hybridized carbons (Fsp3) is 0. The summed E-state index contributed by atoms with van der Waals surface area (Å²) >= 11 is 4.57. The van der Waals surface area contributed by atoms with E-state index in [1.165, 1.54) is 6.07 Å². The van der Waals surface area contributed by atoms with E-state index in [1.807, 2.05) is 30.3 Å². The second kappa shape index (κ2) is 5.32. The van der Waals surface area contributed by atoms with Crippen molar-refractivity contribution in [3.8, 4) is 0 Å². The molecule has 1 heterocycles. The van der Waals surface area contributed by atoms with Crippen molar-refractivity contribution in [3.05, 3.63) is 52.3 Å². The van der Waals surface area contributed by atoms with Gasteiger partial charge in [0.25, 0.3) is 10.0 Å². The molecule has 0 aliphatic heterocycles. The molecular formula is C14H11BrN2O2S2. The highest BCUT2D eigenvalue weighted by Crippen LogP contribution is 2.32. The molecule has 0 aliphatic carbocycles. The summed E-state index contributed by atoms with van der Waals surface area (Å²) in [6.45, 7) is 0. The third-order valence-electron chi connectivity index (χ3n) is 2.98. The first-order valence-corrected chi connectivity index (χ1v) is 9.17. The van der Waals surface area contributed by atoms with E-state index in [0.29, 0.717) is 11.4 Å². The van der Waals surface area contributed by atoms with Crippen molar-refractivity contribution in [3.63, 3.8) is 0 Å². The Balaban J connectivity index is 2.08. The van der Waals surface area contributed by atoms with E-state index in [1.54, 1.807) is 11.4 Å². The van der Waals surface area contributed by atoms with Gasteiger partial charge in [0.1, 0.15) is 4.21 Å². The number of nitrogens with one attached hydrogen (secondary N) is 1. The number of nitrogens with two attached hydrogens (primary N) is 1. The van der Waals surface area contributed by atoms with E-state index in [-0.39, 0.29) is 4.21 Å². The maximum atomic E-state index is 12.4. The van der Waals surface area contributed by atoms with E-state index in [2.05, 4.69) is 20.7 Å². The first kappa shape index (κ1) is 14.4. The molecule has 1 aromatic heterocycles. The number of fused-ring (bicyclic) bond motifs is 1. The molecule has 0 aliphatic rings. The molecule has 0 fully saturated rings. The molecule has 3 rings (SSSR count). The first-order chi connectivity index (χ1) is 9.97. The number of hydrogen-bond donors (Lipinski definition) is 2. The van der Waals surface area contributed by atoms with Gasteiger partial charge in [0.15, 0.2) is 0 Å². The number of anilines is 2. The Morgan fingerprint density at radius 2 is 1.81 bits per heavy atom. The van der Waals surface area contributed by atoms with Crippen LogP contribution in [0.25, 0.3) is 10.8 Å². The van der Waals surface area contributed by atoms with Gasteiger partial charge in [-0.15, -0.1) is 11.3 Å². The summed E-state index contributed by atoms with van der Waals surface area (Å²) in [6, 6.07) is 12.6. The number of hydrogen-bond acceptors (Lipinski definition) is 4. The average molecular weight is 383 g/mol. The zero-order valence-electron chi connectivity index (χ0n) is 10.7. The van der Waals surface area contributed by atoms with Gasteiger partial charge < -0.3 is 5.73 Å². The normalized spacial score (nSPS) is 11.7. The van der Waals surface area contributed by atoms with Crippen LogP contribution in [0.1, 0.15) is 0 Å². The van der Waals surface area contributed by atoms with Gasteiger partial charge in [-0.2, -0.15) is 0 Å². The van der Waals surface area contributed by atoms with Crippen LogP contribution in [-0.2, 0) is 10.0 Å². The predicted molar refractivity (Wildman–Crippen MR) is 91.2 cm³/mol. The highest BCUT2D eigenvalue weighted by molar-refractivity contribution is 9.10. The van der Waals surface area contributed by atoms with E-state index in [4.69, 9.17) is 5.73 Å². The average Bonchev–Trinajstić information content (AvgIpc) is 2.90. The fourth-order valence-corrected chi connectivity index (χ4v) is 4.66. The second-order valence-electron chi connectivity index (χ2n) is 4.45. The molecule has 3 aromatic rings. The van der Waals surface area contributed by atoms with E-state index < -0.39 is 10.0 Å². The molecule has 3 N–H and O–H groups in total. The molecule has 7 heteroatoms. The summed E-state index contributed by atoms with van der Waals surface area (Å²) < 4.78 is 28.5. The minimum atomic E-state index is -3.62. The highest BCUT2D eigenvalue weighted by Gasteiger charge is 2.18. The van der Waals surface area contributed by atoms with Gasteiger partial charge >= 0.3 is 0 Å². The Hall–Kier alpha value is -1.57. The van der Waals surface area contributed by atoms with Crippen LogP contribution in [0.4, 0.5) is 11.4 Å². The van der Waals surface area contributed by atoms with Crippen molar-refractivity contribution < 1.29 is 8.42 Å². The van der Waals surface area contributed by atoms with Gasteiger partial charge in [-0.05, 0) is 23.6 Å². The summed E-state index contributed by atoms with van der Waals surface area (Å²) in [5.41, 5.74) is 6.58. The molecular weight excluding hydrogens is 372 g/mol. The predicted octanol–water partition coefficient (Wildman–Crippen LogP) is 4.05. The zero-order chi connectivity index (χ0) is 15.0. The molecule has 108 valence electrons. The summed E-state index contributed by atoms with van der Waals surface area (Å²) in [5.74, 6) is 0. The van der Waals surface area contributed by atoms with E-state index >= 15 is 0 Å². The zero-order valence-corrected chi connectivity index (χ0v) is 13.9. The van der Waals surface area contributed by atoms with E-state index in [0.717, 1.165) is 26.6 Å². The van der Waals surface area contributed by atoms with Crippen molar-refractivity contribution in [1.29, 1.82) is 0 Å². The molecule has 0 saturated heterocycles. The van der Waals surface area contributed by atoms with Crippen LogP contribution in [0, 0.1) is 0 Å². The van der Waals surface area contributed by atoms with Crippen molar-refractivity contribution in [2.75, 3.05) is 10.5 Å². The molecule has 21 heavy (non-hydrogen) atoms. The topological polar surface area (TPSA) is 72.2 Å². The van der Waals surface area contributed by atoms with Crippen molar-refractivity contribution in [2.24, 2.45) is 0 Å². The van der Waals surface area contributed by atoms with Crippen LogP contribution >= 0.6 is 27.3 Å². The molecule has 4 nitrogen and oxygen atoms in total. The van der Waals surface area contributed by atoms with Crippen LogP contribution in [0.5, 0.6) is 0 Å². The van der Waals surface area contributed by atoms with Gasteiger partial charge in [-0.1, -0.05) is 40.2 Å². The van der Waals surface area contributed by atoms with Gasteiger partial charge in [0.2, 0.25) is 0 Å². The van der Waals surface area contributed by atoms with E-state index in [9.17, 15) is 8.42 Å². The number of thiophene rings is 1. The van der Waals surface area contributed by atoms with Crippen molar-refractivity contribution in [2.45, 2.75) is 4.21 Å². The third kappa shape index (κ3) is 2.76.